The van der Waals surface area contributed by atoms with Gasteiger partial charge in [0, 0.05) is 19.3 Å². The van der Waals surface area contributed by atoms with Crippen molar-refractivity contribution in [1.82, 2.24) is 0 Å². The van der Waals surface area contributed by atoms with Crippen molar-refractivity contribution in [2.75, 3.05) is 41.0 Å². The molecule has 304 valence electrons. The molecule has 0 heterocycles. The number of nitrogens with zero attached hydrogens (tertiary/aromatic N) is 1. The molecule has 0 aromatic rings. The second-order valence-electron chi connectivity index (χ2n) is 15.6. The molecule has 0 saturated carbocycles. The summed E-state index contributed by atoms with van der Waals surface area (Å²) in [6.45, 7) is 4.69. The van der Waals surface area contributed by atoms with E-state index in [0.717, 1.165) is 38.5 Å². The summed E-state index contributed by atoms with van der Waals surface area (Å²) in [5, 5.41) is 9.59. The van der Waals surface area contributed by atoms with Gasteiger partial charge in [0.25, 0.3) is 0 Å². The molecule has 0 aromatic carbocycles. The molecule has 52 heavy (non-hydrogen) atoms. The Morgan fingerprint density at radius 2 is 1.00 bits per heavy atom. The van der Waals surface area contributed by atoms with Crippen molar-refractivity contribution in [3.05, 3.63) is 24.3 Å². The SMILES string of the molecule is CCCCC/C=C/C=C/CCCCCCCCCCCCC(=O)OCC(COCCC(C(=O)O)[N+](C)(C)C)OC(=O)CCCCCCCCCCC. The zero-order valence-corrected chi connectivity index (χ0v) is 34.5. The van der Waals surface area contributed by atoms with Crippen molar-refractivity contribution in [3.8, 4) is 0 Å². The summed E-state index contributed by atoms with van der Waals surface area (Å²) >= 11 is 0. The smallest absolute Gasteiger partial charge is 0.362 e. The first-order valence-corrected chi connectivity index (χ1v) is 21.4. The molecule has 0 rings (SSSR count). The zero-order chi connectivity index (χ0) is 38.5. The number of hydrogen-bond acceptors (Lipinski definition) is 6. The van der Waals surface area contributed by atoms with Crippen LogP contribution >= 0.6 is 0 Å². The lowest BCUT2D eigenvalue weighted by Crippen LogP contribution is -2.50. The summed E-state index contributed by atoms with van der Waals surface area (Å²) in [5.41, 5.74) is 0. The van der Waals surface area contributed by atoms with Crippen LogP contribution in [0.1, 0.15) is 187 Å². The number of carbonyl (C=O) groups is 3. The first-order chi connectivity index (χ1) is 25.1. The molecule has 0 amide bonds. The van der Waals surface area contributed by atoms with Crippen LogP contribution in [0.3, 0.4) is 0 Å². The Hall–Kier alpha value is -2.19. The molecular formula is C44H82NO7+. The van der Waals surface area contributed by atoms with Crippen molar-refractivity contribution >= 4 is 17.9 Å². The summed E-state index contributed by atoms with van der Waals surface area (Å²) in [4.78, 5) is 36.8. The van der Waals surface area contributed by atoms with Gasteiger partial charge in [-0.1, -0.05) is 154 Å². The number of hydrogen-bond donors (Lipinski definition) is 1. The number of quaternary nitrogens is 1. The molecule has 8 heteroatoms. The minimum atomic E-state index is -0.875. The van der Waals surface area contributed by atoms with Gasteiger partial charge in [-0.2, -0.15) is 0 Å². The van der Waals surface area contributed by atoms with Crippen LogP contribution in [-0.4, -0.2) is 80.6 Å². The van der Waals surface area contributed by atoms with E-state index in [4.69, 9.17) is 14.2 Å². The monoisotopic (exact) mass is 737 g/mol. The lowest BCUT2D eigenvalue weighted by molar-refractivity contribution is -0.887. The number of likely N-dealkylation sites (N-methyl/N-ethyl adjacent to an activating group) is 1. The van der Waals surface area contributed by atoms with E-state index in [9.17, 15) is 19.5 Å². The second kappa shape index (κ2) is 35.8. The normalized spacial score (nSPS) is 13.2. The fourth-order valence-electron chi connectivity index (χ4n) is 6.26. The number of ether oxygens (including phenoxy) is 3. The molecule has 0 saturated heterocycles. The van der Waals surface area contributed by atoms with Gasteiger partial charge in [-0.05, 0) is 38.5 Å². The number of esters is 2. The molecular weight excluding hydrogens is 654 g/mol. The fraction of sp³-hybridized carbons (Fsp3) is 0.841. The van der Waals surface area contributed by atoms with Crippen LogP contribution in [0, 0.1) is 0 Å². The van der Waals surface area contributed by atoms with Crippen molar-refractivity contribution in [2.24, 2.45) is 0 Å². The number of rotatable bonds is 38. The Morgan fingerprint density at radius 1 is 0.577 bits per heavy atom. The van der Waals surface area contributed by atoms with Crippen molar-refractivity contribution in [3.63, 3.8) is 0 Å². The highest BCUT2D eigenvalue weighted by Gasteiger charge is 2.31. The third-order valence-electron chi connectivity index (χ3n) is 9.63. The van der Waals surface area contributed by atoms with Gasteiger partial charge in [0.2, 0.25) is 0 Å². The number of carboxylic acids is 1. The third-order valence-corrected chi connectivity index (χ3v) is 9.63. The summed E-state index contributed by atoms with van der Waals surface area (Å²) in [7, 11) is 5.52. The van der Waals surface area contributed by atoms with Gasteiger partial charge in [0.05, 0.1) is 34.4 Å². The Labute approximate surface area is 320 Å². The van der Waals surface area contributed by atoms with E-state index in [1.165, 1.54) is 116 Å². The van der Waals surface area contributed by atoms with Crippen LogP contribution in [-0.2, 0) is 28.6 Å². The molecule has 2 unspecified atom stereocenters. The molecule has 0 radical (unpaired) electrons. The van der Waals surface area contributed by atoms with Gasteiger partial charge in [-0.15, -0.1) is 0 Å². The van der Waals surface area contributed by atoms with Gasteiger partial charge in [0.1, 0.15) is 6.61 Å². The number of allylic oxidation sites excluding steroid dienone is 4. The lowest BCUT2D eigenvalue weighted by atomic mass is 10.1. The van der Waals surface area contributed by atoms with Gasteiger partial charge in [0.15, 0.2) is 12.1 Å². The molecule has 1 N–H and O–H groups in total. The summed E-state index contributed by atoms with van der Waals surface area (Å²) in [5.74, 6) is -1.47. The van der Waals surface area contributed by atoms with Crippen LogP contribution < -0.4 is 0 Å². The largest absolute Gasteiger partial charge is 0.477 e. The minimum Gasteiger partial charge on any atom is -0.477 e. The molecule has 8 nitrogen and oxygen atoms in total. The van der Waals surface area contributed by atoms with Crippen LogP contribution in [0.4, 0.5) is 0 Å². The number of carbonyl (C=O) groups excluding carboxylic acids is 2. The van der Waals surface area contributed by atoms with Gasteiger partial charge < -0.3 is 23.8 Å². The first kappa shape index (κ1) is 49.8. The molecule has 0 spiro atoms. The zero-order valence-electron chi connectivity index (χ0n) is 34.5. The summed E-state index contributed by atoms with van der Waals surface area (Å²) in [6, 6.07) is -0.610. The van der Waals surface area contributed by atoms with Crippen molar-refractivity contribution in [2.45, 2.75) is 199 Å². The van der Waals surface area contributed by atoms with Crippen LogP contribution in [0.2, 0.25) is 0 Å². The molecule has 0 aliphatic carbocycles. The van der Waals surface area contributed by atoms with Gasteiger partial charge in [-0.25, -0.2) is 4.79 Å². The highest BCUT2D eigenvalue weighted by atomic mass is 16.6. The van der Waals surface area contributed by atoms with Crippen molar-refractivity contribution in [1.29, 1.82) is 0 Å². The quantitative estimate of drug-likeness (QED) is 0.0291. The molecule has 0 aromatic heterocycles. The van der Waals surface area contributed by atoms with E-state index in [-0.39, 0.29) is 36.2 Å². The topological polar surface area (TPSA) is 99.1 Å². The third kappa shape index (κ3) is 33.6. The van der Waals surface area contributed by atoms with Crippen LogP contribution in [0.25, 0.3) is 0 Å². The van der Waals surface area contributed by atoms with E-state index >= 15 is 0 Å². The van der Waals surface area contributed by atoms with E-state index in [1.54, 1.807) is 0 Å². The van der Waals surface area contributed by atoms with E-state index in [0.29, 0.717) is 19.3 Å². The minimum absolute atomic E-state index is 0.0491. The predicted octanol–water partition coefficient (Wildman–Crippen LogP) is 11.3. The molecule has 0 aliphatic rings. The second-order valence-corrected chi connectivity index (χ2v) is 15.6. The number of aliphatic carboxylic acids is 1. The average molecular weight is 737 g/mol. The standard InChI is InChI=1S/C44H81NO7/c1-6-8-10-12-14-16-17-18-19-20-21-22-23-24-25-27-28-30-32-34-42(46)51-39-40(38-50-37-36-41(44(48)49)45(3,4)5)52-43(47)35-33-31-29-26-15-13-11-9-7-2/h14,16-18,40-41H,6-13,15,19-39H2,1-5H3/p+1/b16-14+,18-17+. The summed E-state index contributed by atoms with van der Waals surface area (Å²) < 4.78 is 17.2. The fourth-order valence-corrected chi connectivity index (χ4v) is 6.26. The Bertz CT molecular complexity index is 911. The Balaban J connectivity index is 4.25. The highest BCUT2D eigenvalue weighted by molar-refractivity contribution is 5.72. The average Bonchev–Trinajstić information content (AvgIpc) is 3.09. The predicted molar refractivity (Wildman–Crippen MR) is 215 cm³/mol. The lowest BCUT2D eigenvalue weighted by Gasteiger charge is -2.31. The van der Waals surface area contributed by atoms with E-state index in [2.05, 4.69) is 38.2 Å². The maximum atomic E-state index is 12.6. The van der Waals surface area contributed by atoms with E-state index < -0.39 is 18.1 Å². The maximum Gasteiger partial charge on any atom is 0.362 e. The number of unbranched alkanes of at least 4 members (excludes halogenated alkanes) is 21. The van der Waals surface area contributed by atoms with Crippen LogP contribution in [0.15, 0.2) is 24.3 Å². The molecule has 0 fully saturated rings. The first-order valence-electron chi connectivity index (χ1n) is 21.4. The molecule has 0 bridgehead atoms. The van der Waals surface area contributed by atoms with E-state index in [1.807, 2.05) is 21.1 Å². The molecule has 0 aliphatic heterocycles. The van der Waals surface area contributed by atoms with Crippen LogP contribution in [0.5, 0.6) is 0 Å². The highest BCUT2D eigenvalue weighted by Crippen LogP contribution is 2.15. The van der Waals surface area contributed by atoms with Gasteiger partial charge >= 0.3 is 17.9 Å². The van der Waals surface area contributed by atoms with Gasteiger partial charge in [-0.3, -0.25) is 9.59 Å². The Kier molecular flexibility index (Phi) is 34.3. The molecule has 2 atom stereocenters. The van der Waals surface area contributed by atoms with Crippen molar-refractivity contribution < 1.29 is 38.2 Å². The maximum absolute atomic E-state index is 12.6. The summed E-state index contributed by atoms with van der Waals surface area (Å²) in [6.07, 6.45) is 37.9. The number of carboxylic acid groups (broad SMARTS) is 1. The Morgan fingerprint density at radius 3 is 1.48 bits per heavy atom.